The van der Waals surface area contributed by atoms with Crippen molar-refractivity contribution in [2.24, 2.45) is 0 Å². The van der Waals surface area contributed by atoms with Gasteiger partial charge in [-0.05, 0) is 30.0 Å². The summed E-state index contributed by atoms with van der Waals surface area (Å²) in [6.07, 6.45) is 2.35. The van der Waals surface area contributed by atoms with Crippen LogP contribution in [0.15, 0.2) is 48.5 Å². The van der Waals surface area contributed by atoms with Crippen molar-refractivity contribution in [3.8, 4) is 11.1 Å². The van der Waals surface area contributed by atoms with Crippen molar-refractivity contribution < 1.29 is 0 Å². The van der Waals surface area contributed by atoms with E-state index in [1.165, 1.54) is 28.7 Å². The molecule has 0 spiro atoms. The fourth-order valence-electron chi connectivity index (χ4n) is 2.02. The lowest BCUT2D eigenvalue weighted by atomic mass is 9.96. The van der Waals surface area contributed by atoms with Crippen LogP contribution in [0.1, 0.15) is 24.5 Å². The minimum Gasteiger partial charge on any atom is -0.0651 e. The largest absolute Gasteiger partial charge is 0.0651 e. The van der Waals surface area contributed by atoms with E-state index in [0.29, 0.717) is 0 Å². The summed E-state index contributed by atoms with van der Waals surface area (Å²) in [6.45, 7) is 4.35. The fraction of sp³-hybridized carbons (Fsp3) is 0.250. The van der Waals surface area contributed by atoms with Crippen LogP contribution in [0.25, 0.3) is 11.1 Å². The predicted molar refractivity (Wildman–Crippen MR) is 70.6 cm³/mol. The van der Waals surface area contributed by atoms with Gasteiger partial charge in [-0.1, -0.05) is 67.4 Å². The van der Waals surface area contributed by atoms with Gasteiger partial charge in [-0.25, -0.2) is 0 Å². The monoisotopic (exact) mass is 210 g/mol. The first-order valence-corrected chi connectivity index (χ1v) is 5.96. The van der Waals surface area contributed by atoms with Crippen molar-refractivity contribution in [1.29, 1.82) is 0 Å². The van der Waals surface area contributed by atoms with Crippen molar-refractivity contribution in [3.05, 3.63) is 59.7 Å². The first-order chi connectivity index (χ1) is 7.81. The molecule has 2 rings (SSSR count). The van der Waals surface area contributed by atoms with Gasteiger partial charge in [-0.2, -0.15) is 0 Å². The third kappa shape index (κ3) is 2.33. The van der Waals surface area contributed by atoms with Gasteiger partial charge in [0.25, 0.3) is 0 Å². The Morgan fingerprint density at radius 3 is 2.25 bits per heavy atom. The summed E-state index contributed by atoms with van der Waals surface area (Å²) < 4.78 is 0. The highest BCUT2D eigenvalue weighted by molar-refractivity contribution is 5.67. The lowest BCUT2D eigenvalue weighted by Gasteiger charge is -2.08. The molecule has 0 nitrogen and oxygen atoms in total. The van der Waals surface area contributed by atoms with Gasteiger partial charge in [-0.15, -0.1) is 0 Å². The Labute approximate surface area is 97.9 Å². The molecule has 0 heterocycles. The first kappa shape index (κ1) is 10.9. The van der Waals surface area contributed by atoms with Crippen molar-refractivity contribution in [3.63, 3.8) is 0 Å². The number of aryl methyl sites for hydroxylation is 2. The molecule has 2 aromatic carbocycles. The zero-order valence-corrected chi connectivity index (χ0v) is 10.0. The highest BCUT2D eigenvalue weighted by atomic mass is 14.1. The highest BCUT2D eigenvalue weighted by Gasteiger charge is 2.02. The van der Waals surface area contributed by atoms with E-state index in [2.05, 4.69) is 62.4 Å². The Morgan fingerprint density at radius 2 is 1.56 bits per heavy atom. The average Bonchev–Trinajstić information content (AvgIpc) is 2.32. The number of hydrogen-bond acceptors (Lipinski definition) is 0. The molecular weight excluding hydrogens is 192 g/mol. The van der Waals surface area contributed by atoms with Gasteiger partial charge in [0.2, 0.25) is 0 Å². The molecule has 0 N–H and O–H groups in total. The predicted octanol–water partition coefficient (Wildman–Crippen LogP) is 4.61. The Morgan fingerprint density at radius 1 is 0.875 bits per heavy atom. The molecule has 0 amide bonds. The summed E-state index contributed by atoms with van der Waals surface area (Å²) >= 11 is 0. The van der Waals surface area contributed by atoms with Gasteiger partial charge in [0.05, 0.1) is 0 Å². The molecule has 0 aromatic heterocycles. The zero-order valence-electron chi connectivity index (χ0n) is 10.0. The van der Waals surface area contributed by atoms with Gasteiger partial charge in [0, 0.05) is 0 Å². The Hall–Kier alpha value is -1.56. The molecule has 0 saturated heterocycles. The molecule has 82 valence electrons. The molecule has 0 unspecified atom stereocenters. The van der Waals surface area contributed by atoms with E-state index in [-0.39, 0.29) is 0 Å². The second-order valence-corrected chi connectivity index (χ2v) is 4.27. The minimum atomic E-state index is 1.16. The summed E-state index contributed by atoms with van der Waals surface area (Å²) in [5.74, 6) is 0. The smallest absolute Gasteiger partial charge is 0.0152 e. The molecule has 0 bridgehead atoms. The van der Waals surface area contributed by atoms with E-state index in [0.717, 1.165) is 6.42 Å². The number of hydrogen-bond donors (Lipinski definition) is 0. The van der Waals surface area contributed by atoms with Gasteiger partial charge < -0.3 is 0 Å². The lowest BCUT2D eigenvalue weighted by Crippen LogP contribution is -1.88. The van der Waals surface area contributed by atoms with E-state index >= 15 is 0 Å². The second-order valence-electron chi connectivity index (χ2n) is 4.27. The van der Waals surface area contributed by atoms with Crippen LogP contribution in [0.5, 0.6) is 0 Å². The Balaban J connectivity index is 2.42. The van der Waals surface area contributed by atoms with Crippen LogP contribution < -0.4 is 0 Å². The molecule has 0 aliphatic carbocycles. The summed E-state index contributed by atoms with van der Waals surface area (Å²) in [6, 6.07) is 17.5. The Bertz CT molecular complexity index is 452. The molecule has 16 heavy (non-hydrogen) atoms. The zero-order chi connectivity index (χ0) is 11.4. The van der Waals surface area contributed by atoms with Crippen LogP contribution in [-0.4, -0.2) is 0 Å². The second kappa shape index (κ2) is 4.98. The maximum Gasteiger partial charge on any atom is -0.0152 e. The van der Waals surface area contributed by atoms with Crippen LogP contribution in [0.2, 0.25) is 0 Å². The van der Waals surface area contributed by atoms with E-state index in [4.69, 9.17) is 0 Å². The van der Waals surface area contributed by atoms with E-state index in [1.54, 1.807) is 0 Å². The topological polar surface area (TPSA) is 0 Å². The van der Waals surface area contributed by atoms with Crippen molar-refractivity contribution in [1.82, 2.24) is 0 Å². The summed E-state index contributed by atoms with van der Waals surface area (Å²) in [5, 5.41) is 0. The van der Waals surface area contributed by atoms with Crippen LogP contribution in [0.3, 0.4) is 0 Å². The van der Waals surface area contributed by atoms with Crippen molar-refractivity contribution >= 4 is 0 Å². The Kier molecular flexibility index (Phi) is 3.40. The first-order valence-electron chi connectivity index (χ1n) is 5.96. The van der Waals surface area contributed by atoms with Crippen molar-refractivity contribution in [2.75, 3.05) is 0 Å². The SMILES string of the molecule is CCCc1ccccc1-c1ccc(C)cc1. The molecule has 0 saturated carbocycles. The van der Waals surface area contributed by atoms with Crippen molar-refractivity contribution in [2.45, 2.75) is 26.7 Å². The molecule has 2 aromatic rings. The molecule has 0 fully saturated rings. The maximum atomic E-state index is 2.23. The quantitative estimate of drug-likeness (QED) is 0.693. The van der Waals surface area contributed by atoms with Crippen LogP contribution >= 0.6 is 0 Å². The van der Waals surface area contributed by atoms with Gasteiger partial charge in [-0.3, -0.25) is 0 Å². The van der Waals surface area contributed by atoms with Gasteiger partial charge in [0.1, 0.15) is 0 Å². The van der Waals surface area contributed by atoms with Gasteiger partial charge >= 0.3 is 0 Å². The number of rotatable bonds is 3. The fourth-order valence-corrected chi connectivity index (χ4v) is 2.02. The summed E-state index contributed by atoms with van der Waals surface area (Å²) in [5.41, 5.74) is 5.48. The van der Waals surface area contributed by atoms with Crippen LogP contribution in [0, 0.1) is 6.92 Å². The van der Waals surface area contributed by atoms with Gasteiger partial charge in [0.15, 0.2) is 0 Å². The molecule has 0 radical (unpaired) electrons. The molecular formula is C16H18. The third-order valence-corrected chi connectivity index (χ3v) is 2.90. The normalized spacial score (nSPS) is 10.4. The van der Waals surface area contributed by atoms with Crippen LogP contribution in [0.4, 0.5) is 0 Å². The molecule has 0 atom stereocenters. The van der Waals surface area contributed by atoms with E-state index in [1.807, 2.05) is 0 Å². The molecule has 0 aliphatic heterocycles. The summed E-state index contributed by atoms with van der Waals surface area (Å²) in [7, 11) is 0. The summed E-state index contributed by atoms with van der Waals surface area (Å²) in [4.78, 5) is 0. The average molecular weight is 210 g/mol. The standard InChI is InChI=1S/C16H18/c1-3-6-14-7-4-5-8-16(14)15-11-9-13(2)10-12-15/h4-5,7-12H,3,6H2,1-2H3. The highest BCUT2D eigenvalue weighted by Crippen LogP contribution is 2.24. The van der Waals surface area contributed by atoms with Crippen LogP contribution in [-0.2, 0) is 6.42 Å². The lowest BCUT2D eigenvalue weighted by molar-refractivity contribution is 0.923. The molecule has 0 aliphatic rings. The van der Waals surface area contributed by atoms with E-state index < -0.39 is 0 Å². The third-order valence-electron chi connectivity index (χ3n) is 2.90. The minimum absolute atomic E-state index is 1.16. The van der Waals surface area contributed by atoms with E-state index in [9.17, 15) is 0 Å². The maximum absolute atomic E-state index is 2.23. The number of benzene rings is 2. The molecule has 0 heteroatoms.